The molecule has 2 heterocycles. The van der Waals surface area contributed by atoms with Crippen LogP contribution in [0, 0.1) is 5.92 Å². The first kappa shape index (κ1) is 15.5. The average Bonchev–Trinajstić information content (AvgIpc) is 2.99. The van der Waals surface area contributed by atoms with Crippen LogP contribution in [0.2, 0.25) is 0 Å². The van der Waals surface area contributed by atoms with Crippen molar-refractivity contribution in [2.75, 3.05) is 19.6 Å². The van der Waals surface area contributed by atoms with E-state index in [2.05, 4.69) is 5.32 Å². The van der Waals surface area contributed by atoms with Crippen LogP contribution in [0.4, 0.5) is 0 Å². The fraction of sp³-hybridized carbons (Fsp3) is 0.615. The Kier molecular flexibility index (Phi) is 5.17. The molecule has 0 aromatic carbocycles. The summed E-state index contributed by atoms with van der Waals surface area (Å²) in [6, 6.07) is 3.34. The Morgan fingerprint density at radius 1 is 1.55 bits per heavy atom. The fourth-order valence-corrected chi connectivity index (χ4v) is 4.97. The topological polar surface area (TPSA) is 66.5 Å². The number of hydrogen-bond acceptors (Lipinski definition) is 4. The molecule has 2 rings (SSSR count). The Hall–Kier alpha value is -0.920. The lowest BCUT2D eigenvalue weighted by Crippen LogP contribution is -2.45. The summed E-state index contributed by atoms with van der Waals surface area (Å²) >= 11 is 1.22. The Bertz CT molecular complexity index is 540. The molecule has 1 aromatic rings. The van der Waals surface area contributed by atoms with Gasteiger partial charge in [-0.3, -0.25) is 4.79 Å². The summed E-state index contributed by atoms with van der Waals surface area (Å²) in [4.78, 5) is 12.0. The number of carbonyl (C=O) groups excluding carboxylic acids is 1. The van der Waals surface area contributed by atoms with E-state index in [1.54, 1.807) is 17.5 Å². The Balaban J connectivity index is 2.05. The molecule has 1 fully saturated rings. The molecule has 20 heavy (non-hydrogen) atoms. The molecule has 0 unspecified atom stereocenters. The van der Waals surface area contributed by atoms with Crippen molar-refractivity contribution in [3.8, 4) is 0 Å². The normalized spacial score (nSPS) is 20.8. The van der Waals surface area contributed by atoms with Gasteiger partial charge in [0.25, 0.3) is 10.0 Å². The van der Waals surface area contributed by atoms with Gasteiger partial charge < -0.3 is 5.32 Å². The number of carbonyl (C=O) groups is 1. The van der Waals surface area contributed by atoms with Crippen molar-refractivity contribution in [3.05, 3.63) is 17.5 Å². The first-order chi connectivity index (χ1) is 9.55. The third-order valence-electron chi connectivity index (χ3n) is 3.39. The monoisotopic (exact) mass is 316 g/mol. The minimum atomic E-state index is -3.43. The number of rotatable bonds is 5. The SMILES string of the molecule is CCCNC(=O)[C@H]1CCCN(S(=O)(=O)c2cccs2)C1. The van der Waals surface area contributed by atoms with Crippen LogP contribution in [-0.2, 0) is 14.8 Å². The summed E-state index contributed by atoms with van der Waals surface area (Å²) in [5, 5.41) is 4.60. The molecule has 0 aliphatic carbocycles. The number of nitrogens with one attached hydrogen (secondary N) is 1. The van der Waals surface area contributed by atoms with E-state index in [0.717, 1.165) is 19.3 Å². The van der Waals surface area contributed by atoms with Crippen molar-refractivity contribution in [2.45, 2.75) is 30.4 Å². The standard InChI is InChI=1S/C13H20N2O3S2/c1-2-7-14-13(16)11-5-3-8-15(10-11)20(17,18)12-6-4-9-19-12/h4,6,9,11H,2-3,5,7-8,10H2,1H3,(H,14,16)/t11-/m0/s1. The Labute approximate surface area is 124 Å². The summed E-state index contributed by atoms with van der Waals surface area (Å²) < 4.78 is 26.7. The first-order valence-electron chi connectivity index (χ1n) is 6.87. The van der Waals surface area contributed by atoms with Gasteiger partial charge in [-0.15, -0.1) is 11.3 Å². The van der Waals surface area contributed by atoms with E-state index in [1.807, 2.05) is 6.92 Å². The predicted octanol–water partition coefficient (Wildman–Crippen LogP) is 1.67. The van der Waals surface area contributed by atoms with Gasteiger partial charge in [0.15, 0.2) is 0 Å². The minimum Gasteiger partial charge on any atom is -0.356 e. The molecule has 1 aliphatic heterocycles. The summed E-state index contributed by atoms with van der Waals surface area (Å²) in [6.45, 7) is 3.43. The number of amides is 1. The largest absolute Gasteiger partial charge is 0.356 e. The van der Waals surface area contributed by atoms with Crippen molar-refractivity contribution >= 4 is 27.3 Å². The van der Waals surface area contributed by atoms with Gasteiger partial charge in [0, 0.05) is 19.6 Å². The second-order valence-corrected chi connectivity index (χ2v) is 8.04. The van der Waals surface area contributed by atoms with Crippen LogP contribution in [0.5, 0.6) is 0 Å². The lowest BCUT2D eigenvalue weighted by Gasteiger charge is -2.30. The zero-order valence-electron chi connectivity index (χ0n) is 11.5. The lowest BCUT2D eigenvalue weighted by atomic mass is 9.99. The summed E-state index contributed by atoms with van der Waals surface area (Å²) in [5.41, 5.74) is 0. The number of hydrogen-bond donors (Lipinski definition) is 1. The molecular weight excluding hydrogens is 296 g/mol. The van der Waals surface area contributed by atoms with Crippen LogP contribution in [0.3, 0.4) is 0 Å². The molecule has 7 heteroatoms. The van der Waals surface area contributed by atoms with Crippen LogP contribution < -0.4 is 5.32 Å². The van der Waals surface area contributed by atoms with Crippen molar-refractivity contribution in [1.82, 2.24) is 9.62 Å². The Morgan fingerprint density at radius 3 is 3.00 bits per heavy atom. The van der Waals surface area contributed by atoms with Gasteiger partial charge in [0.1, 0.15) is 4.21 Å². The maximum absolute atomic E-state index is 12.4. The highest BCUT2D eigenvalue weighted by Gasteiger charge is 2.33. The molecular formula is C13H20N2O3S2. The smallest absolute Gasteiger partial charge is 0.252 e. The van der Waals surface area contributed by atoms with Gasteiger partial charge in [-0.25, -0.2) is 8.42 Å². The van der Waals surface area contributed by atoms with E-state index >= 15 is 0 Å². The lowest BCUT2D eigenvalue weighted by molar-refractivity contribution is -0.126. The maximum Gasteiger partial charge on any atom is 0.252 e. The number of piperidine rings is 1. The van der Waals surface area contributed by atoms with Gasteiger partial charge in [0.05, 0.1) is 5.92 Å². The molecule has 1 N–H and O–H groups in total. The van der Waals surface area contributed by atoms with Crippen LogP contribution in [0.1, 0.15) is 26.2 Å². The first-order valence-corrected chi connectivity index (χ1v) is 9.19. The highest BCUT2D eigenvalue weighted by Crippen LogP contribution is 2.26. The number of nitrogens with zero attached hydrogens (tertiary/aromatic N) is 1. The van der Waals surface area contributed by atoms with Crippen LogP contribution in [0.25, 0.3) is 0 Å². The molecule has 0 bridgehead atoms. The Morgan fingerprint density at radius 2 is 2.35 bits per heavy atom. The number of thiophene rings is 1. The van der Waals surface area contributed by atoms with Crippen molar-refractivity contribution in [1.29, 1.82) is 0 Å². The van der Waals surface area contributed by atoms with E-state index in [4.69, 9.17) is 0 Å². The van der Waals surface area contributed by atoms with Crippen molar-refractivity contribution < 1.29 is 13.2 Å². The molecule has 1 saturated heterocycles. The van der Waals surface area contributed by atoms with E-state index in [0.29, 0.717) is 17.3 Å². The zero-order chi connectivity index (χ0) is 14.6. The quantitative estimate of drug-likeness (QED) is 0.898. The van der Waals surface area contributed by atoms with E-state index in [-0.39, 0.29) is 18.4 Å². The number of sulfonamides is 1. The summed E-state index contributed by atoms with van der Waals surface area (Å²) in [6.07, 6.45) is 2.37. The summed E-state index contributed by atoms with van der Waals surface area (Å²) in [7, 11) is -3.43. The van der Waals surface area contributed by atoms with Gasteiger partial charge in [-0.05, 0) is 30.7 Å². The second kappa shape index (κ2) is 6.69. The molecule has 1 atom stereocenters. The van der Waals surface area contributed by atoms with Gasteiger partial charge in [-0.1, -0.05) is 13.0 Å². The van der Waals surface area contributed by atoms with Gasteiger partial charge in [0.2, 0.25) is 5.91 Å². The van der Waals surface area contributed by atoms with Gasteiger partial charge in [-0.2, -0.15) is 4.31 Å². The van der Waals surface area contributed by atoms with E-state index in [9.17, 15) is 13.2 Å². The average molecular weight is 316 g/mol. The van der Waals surface area contributed by atoms with Crippen LogP contribution >= 0.6 is 11.3 Å². The van der Waals surface area contributed by atoms with E-state index < -0.39 is 10.0 Å². The van der Waals surface area contributed by atoms with Crippen LogP contribution in [0.15, 0.2) is 21.7 Å². The molecule has 0 radical (unpaired) electrons. The minimum absolute atomic E-state index is 0.0297. The summed E-state index contributed by atoms with van der Waals surface area (Å²) in [5.74, 6) is -0.261. The molecule has 1 aromatic heterocycles. The third kappa shape index (κ3) is 3.39. The molecule has 0 saturated carbocycles. The second-order valence-electron chi connectivity index (χ2n) is 4.93. The zero-order valence-corrected chi connectivity index (χ0v) is 13.2. The predicted molar refractivity (Wildman–Crippen MR) is 79.1 cm³/mol. The van der Waals surface area contributed by atoms with E-state index in [1.165, 1.54) is 15.6 Å². The molecule has 1 amide bonds. The van der Waals surface area contributed by atoms with Gasteiger partial charge >= 0.3 is 0 Å². The highest BCUT2D eigenvalue weighted by molar-refractivity contribution is 7.91. The molecule has 0 spiro atoms. The highest BCUT2D eigenvalue weighted by atomic mass is 32.2. The molecule has 1 aliphatic rings. The van der Waals surface area contributed by atoms with Crippen molar-refractivity contribution in [2.24, 2.45) is 5.92 Å². The van der Waals surface area contributed by atoms with Crippen molar-refractivity contribution in [3.63, 3.8) is 0 Å². The third-order valence-corrected chi connectivity index (χ3v) is 6.63. The van der Waals surface area contributed by atoms with Crippen LogP contribution in [-0.4, -0.2) is 38.3 Å². The molecule has 112 valence electrons. The fourth-order valence-electron chi connectivity index (χ4n) is 2.30. The molecule has 5 nitrogen and oxygen atoms in total. The maximum atomic E-state index is 12.4.